The first-order valence-corrected chi connectivity index (χ1v) is 8.23. The summed E-state index contributed by atoms with van der Waals surface area (Å²) in [7, 11) is 0. The zero-order valence-electron chi connectivity index (χ0n) is 11.9. The fraction of sp³-hybridized carbons (Fsp3) is 0.333. The molecular weight excluding hydrogens is 329 g/mol. The van der Waals surface area contributed by atoms with Crippen molar-refractivity contribution in [2.24, 2.45) is 0 Å². The molecule has 1 aliphatic carbocycles. The number of hydrogen-bond acceptors (Lipinski definition) is 1. The maximum absolute atomic E-state index is 13.1. The first-order valence-electron chi connectivity index (χ1n) is 7.44. The Labute approximate surface area is 133 Å². The highest BCUT2D eigenvalue weighted by molar-refractivity contribution is 9.10. The van der Waals surface area contributed by atoms with Crippen LogP contribution in [0.1, 0.15) is 29.9 Å². The average molecular weight is 348 g/mol. The highest BCUT2D eigenvalue weighted by atomic mass is 79.9. The minimum Gasteiger partial charge on any atom is -0.314 e. The van der Waals surface area contributed by atoms with Gasteiger partial charge < -0.3 is 5.32 Å². The largest absolute Gasteiger partial charge is 0.314 e. The van der Waals surface area contributed by atoms with E-state index >= 15 is 0 Å². The molecule has 1 N–H and O–H groups in total. The molecule has 0 heterocycles. The second-order valence-electron chi connectivity index (χ2n) is 5.75. The quantitative estimate of drug-likeness (QED) is 0.828. The number of halogens is 2. The molecule has 0 aliphatic heterocycles. The van der Waals surface area contributed by atoms with Crippen molar-refractivity contribution in [1.29, 1.82) is 0 Å². The van der Waals surface area contributed by atoms with Gasteiger partial charge in [-0.25, -0.2) is 4.39 Å². The van der Waals surface area contributed by atoms with Gasteiger partial charge in [0.2, 0.25) is 0 Å². The van der Waals surface area contributed by atoms with E-state index in [-0.39, 0.29) is 5.82 Å². The summed E-state index contributed by atoms with van der Waals surface area (Å²) in [6, 6.07) is 16.1. The van der Waals surface area contributed by atoms with Crippen molar-refractivity contribution < 1.29 is 4.39 Å². The van der Waals surface area contributed by atoms with Crippen LogP contribution >= 0.6 is 15.9 Å². The van der Waals surface area contributed by atoms with E-state index in [1.165, 1.54) is 24.5 Å². The van der Waals surface area contributed by atoms with Gasteiger partial charge in [-0.1, -0.05) is 40.2 Å². The highest BCUT2D eigenvalue weighted by Gasteiger charge is 2.29. The van der Waals surface area contributed by atoms with Gasteiger partial charge in [0.25, 0.3) is 0 Å². The second-order valence-corrected chi connectivity index (χ2v) is 6.67. The summed E-state index contributed by atoms with van der Waals surface area (Å²) in [4.78, 5) is 0. The Hall–Kier alpha value is -1.19. The first kappa shape index (κ1) is 14.7. The van der Waals surface area contributed by atoms with Crippen LogP contribution in [-0.4, -0.2) is 12.6 Å². The molecule has 1 fully saturated rings. The lowest BCUT2D eigenvalue weighted by Gasteiger charge is -2.36. The van der Waals surface area contributed by atoms with Gasteiger partial charge in [-0.3, -0.25) is 0 Å². The Bertz CT molecular complexity index is 590. The van der Waals surface area contributed by atoms with E-state index in [0.717, 1.165) is 23.0 Å². The minimum atomic E-state index is -0.147. The van der Waals surface area contributed by atoms with E-state index in [0.29, 0.717) is 12.0 Å². The van der Waals surface area contributed by atoms with Crippen molar-refractivity contribution in [3.63, 3.8) is 0 Å². The van der Waals surface area contributed by atoms with Crippen molar-refractivity contribution >= 4 is 15.9 Å². The fourth-order valence-corrected chi connectivity index (χ4v) is 3.17. The Morgan fingerprint density at radius 2 is 1.86 bits per heavy atom. The van der Waals surface area contributed by atoms with Gasteiger partial charge in [-0.05, 0) is 67.1 Å². The average Bonchev–Trinajstić information content (AvgIpc) is 2.43. The molecule has 2 aromatic rings. The predicted molar refractivity (Wildman–Crippen MR) is 88.0 cm³/mol. The van der Waals surface area contributed by atoms with Crippen LogP contribution in [0.2, 0.25) is 0 Å². The predicted octanol–water partition coefficient (Wildman–Crippen LogP) is 4.67. The van der Waals surface area contributed by atoms with E-state index in [4.69, 9.17) is 0 Å². The third-order valence-corrected chi connectivity index (χ3v) is 4.74. The smallest absolute Gasteiger partial charge is 0.123 e. The maximum Gasteiger partial charge on any atom is 0.123 e. The molecule has 1 aliphatic rings. The number of hydrogen-bond donors (Lipinski definition) is 1. The van der Waals surface area contributed by atoms with E-state index in [9.17, 15) is 4.39 Å². The van der Waals surface area contributed by atoms with E-state index < -0.39 is 0 Å². The monoisotopic (exact) mass is 347 g/mol. The van der Waals surface area contributed by atoms with Crippen LogP contribution in [0.25, 0.3) is 0 Å². The summed E-state index contributed by atoms with van der Waals surface area (Å²) in [5, 5.41) is 3.57. The summed E-state index contributed by atoms with van der Waals surface area (Å²) in [6.07, 6.45) is 3.28. The summed E-state index contributed by atoms with van der Waals surface area (Å²) in [6.45, 7) is 0.918. The molecule has 3 rings (SSSR count). The highest BCUT2D eigenvalue weighted by Crippen LogP contribution is 2.37. The van der Waals surface area contributed by atoms with E-state index in [2.05, 4.69) is 45.5 Å². The zero-order valence-corrected chi connectivity index (χ0v) is 13.4. The number of benzene rings is 2. The Morgan fingerprint density at radius 1 is 1.10 bits per heavy atom. The van der Waals surface area contributed by atoms with Crippen LogP contribution in [0.15, 0.2) is 53.0 Å². The molecule has 0 bridgehead atoms. The summed E-state index contributed by atoms with van der Waals surface area (Å²) in [5.41, 5.74) is 2.49. The van der Waals surface area contributed by atoms with Crippen LogP contribution in [0.5, 0.6) is 0 Å². The standard InChI is InChI=1S/C18H19BrFN/c19-16-6-4-14(5-7-16)15-11-18(12-15)21-9-8-13-2-1-3-17(20)10-13/h1-7,10,15,18,21H,8-9,11-12H2. The molecule has 1 nitrogen and oxygen atoms in total. The third kappa shape index (κ3) is 3.92. The van der Waals surface area contributed by atoms with Crippen LogP contribution in [0.4, 0.5) is 4.39 Å². The van der Waals surface area contributed by atoms with Gasteiger partial charge in [0.05, 0.1) is 0 Å². The molecule has 0 amide bonds. The maximum atomic E-state index is 13.1. The topological polar surface area (TPSA) is 12.0 Å². The molecule has 0 atom stereocenters. The normalized spacial score (nSPS) is 21.0. The molecule has 0 spiro atoms. The Kier molecular flexibility index (Phi) is 4.71. The van der Waals surface area contributed by atoms with Gasteiger partial charge in [0.15, 0.2) is 0 Å². The molecule has 21 heavy (non-hydrogen) atoms. The van der Waals surface area contributed by atoms with Crippen LogP contribution in [0.3, 0.4) is 0 Å². The van der Waals surface area contributed by atoms with Gasteiger partial charge in [-0.2, -0.15) is 0 Å². The number of rotatable bonds is 5. The molecule has 1 saturated carbocycles. The van der Waals surface area contributed by atoms with Crippen molar-refractivity contribution in [1.82, 2.24) is 5.32 Å². The van der Waals surface area contributed by atoms with Gasteiger partial charge >= 0.3 is 0 Å². The number of nitrogens with one attached hydrogen (secondary N) is 1. The molecular formula is C18H19BrFN. The lowest BCUT2D eigenvalue weighted by Crippen LogP contribution is -2.40. The Morgan fingerprint density at radius 3 is 2.57 bits per heavy atom. The summed E-state index contributed by atoms with van der Waals surface area (Å²) < 4.78 is 14.2. The van der Waals surface area contributed by atoms with Crippen LogP contribution < -0.4 is 5.32 Å². The summed E-state index contributed by atoms with van der Waals surface area (Å²) in [5.74, 6) is 0.538. The van der Waals surface area contributed by atoms with Gasteiger partial charge in [0.1, 0.15) is 5.82 Å². The van der Waals surface area contributed by atoms with E-state index in [1.54, 1.807) is 12.1 Å². The molecule has 0 saturated heterocycles. The molecule has 3 heteroatoms. The van der Waals surface area contributed by atoms with Crippen molar-refractivity contribution in [2.75, 3.05) is 6.54 Å². The van der Waals surface area contributed by atoms with Crippen LogP contribution in [-0.2, 0) is 6.42 Å². The van der Waals surface area contributed by atoms with Crippen molar-refractivity contribution in [2.45, 2.75) is 31.2 Å². The van der Waals surface area contributed by atoms with Crippen molar-refractivity contribution in [3.05, 3.63) is 69.9 Å². The summed E-state index contributed by atoms with van der Waals surface area (Å²) >= 11 is 3.47. The van der Waals surface area contributed by atoms with Gasteiger partial charge in [0, 0.05) is 10.5 Å². The lowest BCUT2D eigenvalue weighted by molar-refractivity contribution is 0.293. The molecule has 2 aromatic carbocycles. The van der Waals surface area contributed by atoms with Crippen LogP contribution in [0, 0.1) is 5.82 Å². The van der Waals surface area contributed by atoms with Crippen molar-refractivity contribution in [3.8, 4) is 0 Å². The zero-order chi connectivity index (χ0) is 14.7. The van der Waals surface area contributed by atoms with Gasteiger partial charge in [-0.15, -0.1) is 0 Å². The lowest BCUT2D eigenvalue weighted by atomic mass is 9.76. The SMILES string of the molecule is Fc1cccc(CCNC2CC(c3ccc(Br)cc3)C2)c1. The second kappa shape index (κ2) is 6.71. The molecule has 110 valence electrons. The minimum absolute atomic E-state index is 0.147. The molecule has 0 unspecified atom stereocenters. The Balaban J connectivity index is 1.40. The fourth-order valence-electron chi connectivity index (χ4n) is 2.90. The van der Waals surface area contributed by atoms with E-state index in [1.807, 2.05) is 6.07 Å². The molecule has 0 aromatic heterocycles. The first-order chi connectivity index (χ1) is 10.2. The molecule has 0 radical (unpaired) electrons. The third-order valence-electron chi connectivity index (χ3n) is 4.22.